The van der Waals surface area contributed by atoms with Crippen LogP contribution < -0.4 is 5.32 Å². The monoisotopic (exact) mass is 308 g/mol. The summed E-state index contributed by atoms with van der Waals surface area (Å²) in [4.78, 5) is 17.1. The fourth-order valence-corrected chi connectivity index (χ4v) is 2.14. The summed E-state index contributed by atoms with van der Waals surface area (Å²) in [5, 5.41) is 6.67. The van der Waals surface area contributed by atoms with Crippen molar-refractivity contribution in [3.05, 3.63) is 35.6 Å². The average molecular weight is 308 g/mol. The third kappa shape index (κ3) is 5.11. The molecule has 0 saturated heterocycles. The number of benzene rings is 1. The maximum atomic E-state index is 13.1. The standard InChI is InChI=1S/C16H21FN2O3/c1-11(2)21-7-6-18-16(20)15-10-14(19-22-15)9-12-4-3-5-13(17)8-12/h3-5,8,11,15H,6-7,9-10H2,1-2H3,(H,18,20)/t15-/m1/s1. The summed E-state index contributed by atoms with van der Waals surface area (Å²) in [6.45, 7) is 4.78. The van der Waals surface area contributed by atoms with E-state index in [4.69, 9.17) is 9.57 Å². The maximum absolute atomic E-state index is 13.1. The summed E-state index contributed by atoms with van der Waals surface area (Å²) < 4.78 is 18.5. The predicted octanol–water partition coefficient (Wildman–Crippen LogP) is 2.05. The molecule has 1 aromatic rings. The largest absolute Gasteiger partial charge is 0.382 e. The van der Waals surface area contributed by atoms with E-state index in [1.54, 1.807) is 6.07 Å². The third-order valence-corrected chi connectivity index (χ3v) is 3.17. The fraction of sp³-hybridized carbons (Fsp3) is 0.500. The van der Waals surface area contributed by atoms with Gasteiger partial charge in [0.05, 0.1) is 18.4 Å². The number of nitrogens with one attached hydrogen (secondary N) is 1. The Kier molecular flexibility index (Phi) is 5.89. The number of hydrogen-bond acceptors (Lipinski definition) is 4. The number of nitrogens with zero attached hydrogens (tertiary/aromatic N) is 1. The van der Waals surface area contributed by atoms with Gasteiger partial charge in [0.25, 0.3) is 5.91 Å². The number of rotatable bonds is 7. The van der Waals surface area contributed by atoms with Crippen molar-refractivity contribution in [2.45, 2.75) is 38.9 Å². The van der Waals surface area contributed by atoms with Crippen molar-refractivity contribution >= 4 is 11.6 Å². The van der Waals surface area contributed by atoms with Crippen LogP contribution in [0.25, 0.3) is 0 Å². The highest BCUT2D eigenvalue weighted by Gasteiger charge is 2.27. The smallest absolute Gasteiger partial charge is 0.264 e. The molecule has 1 aromatic carbocycles. The highest BCUT2D eigenvalue weighted by molar-refractivity contribution is 5.93. The van der Waals surface area contributed by atoms with Crippen molar-refractivity contribution in [2.75, 3.05) is 13.2 Å². The first-order valence-corrected chi connectivity index (χ1v) is 7.40. The molecule has 0 aliphatic carbocycles. The first-order chi connectivity index (χ1) is 10.5. The predicted molar refractivity (Wildman–Crippen MR) is 81.1 cm³/mol. The van der Waals surface area contributed by atoms with Crippen molar-refractivity contribution in [1.29, 1.82) is 0 Å². The Bertz CT molecular complexity index is 546. The van der Waals surface area contributed by atoms with Gasteiger partial charge < -0.3 is 14.9 Å². The summed E-state index contributed by atoms with van der Waals surface area (Å²) in [5.41, 5.74) is 1.55. The molecule has 1 aliphatic heterocycles. The van der Waals surface area contributed by atoms with Crippen molar-refractivity contribution in [2.24, 2.45) is 5.16 Å². The van der Waals surface area contributed by atoms with Gasteiger partial charge in [-0.15, -0.1) is 0 Å². The molecule has 1 N–H and O–H groups in total. The van der Waals surface area contributed by atoms with Crippen molar-refractivity contribution < 1.29 is 18.8 Å². The number of ether oxygens (including phenoxy) is 1. The summed E-state index contributed by atoms with van der Waals surface area (Å²) >= 11 is 0. The van der Waals surface area contributed by atoms with Gasteiger partial charge in [-0.3, -0.25) is 4.79 Å². The van der Waals surface area contributed by atoms with Gasteiger partial charge in [-0.1, -0.05) is 17.3 Å². The minimum absolute atomic E-state index is 0.140. The van der Waals surface area contributed by atoms with E-state index in [1.807, 2.05) is 19.9 Å². The van der Waals surface area contributed by atoms with Crippen molar-refractivity contribution in [1.82, 2.24) is 5.32 Å². The lowest BCUT2D eigenvalue weighted by Crippen LogP contribution is -2.37. The second-order valence-electron chi connectivity index (χ2n) is 5.47. The van der Waals surface area contributed by atoms with E-state index in [0.717, 1.165) is 11.3 Å². The minimum Gasteiger partial charge on any atom is -0.382 e. The zero-order chi connectivity index (χ0) is 15.9. The number of carbonyl (C=O) groups is 1. The number of oxime groups is 1. The van der Waals surface area contributed by atoms with E-state index < -0.39 is 6.10 Å². The fourth-order valence-electron chi connectivity index (χ4n) is 2.14. The normalized spacial score (nSPS) is 17.3. The van der Waals surface area contributed by atoms with E-state index in [0.29, 0.717) is 26.0 Å². The molecule has 120 valence electrons. The van der Waals surface area contributed by atoms with Crippen LogP contribution in [0.15, 0.2) is 29.4 Å². The Balaban J connectivity index is 1.73. The van der Waals surface area contributed by atoms with Crippen molar-refractivity contribution in [3.63, 3.8) is 0 Å². The van der Waals surface area contributed by atoms with Crippen LogP contribution in [0.5, 0.6) is 0 Å². The SMILES string of the molecule is CC(C)OCCNC(=O)[C@H]1CC(Cc2cccc(F)c2)=NO1. The number of amides is 1. The molecule has 0 spiro atoms. The van der Waals surface area contributed by atoms with Crippen LogP contribution in [0.4, 0.5) is 4.39 Å². The Hall–Kier alpha value is -1.95. The molecule has 0 bridgehead atoms. The minimum atomic E-state index is -0.609. The van der Waals surface area contributed by atoms with Crippen LogP contribution in [0.2, 0.25) is 0 Å². The lowest BCUT2D eigenvalue weighted by molar-refractivity contribution is -0.131. The van der Waals surface area contributed by atoms with Crippen LogP contribution in [-0.4, -0.2) is 37.0 Å². The van der Waals surface area contributed by atoms with E-state index in [2.05, 4.69) is 10.5 Å². The van der Waals surface area contributed by atoms with Gasteiger partial charge >= 0.3 is 0 Å². The number of hydrogen-bond donors (Lipinski definition) is 1. The molecule has 0 radical (unpaired) electrons. The first-order valence-electron chi connectivity index (χ1n) is 7.40. The zero-order valence-electron chi connectivity index (χ0n) is 12.8. The molecular weight excluding hydrogens is 287 g/mol. The molecule has 0 saturated carbocycles. The average Bonchev–Trinajstić information content (AvgIpc) is 2.92. The molecule has 22 heavy (non-hydrogen) atoms. The van der Waals surface area contributed by atoms with Gasteiger partial charge in [0.15, 0.2) is 0 Å². The second kappa shape index (κ2) is 7.89. The van der Waals surface area contributed by atoms with Gasteiger partial charge in [0.1, 0.15) is 5.82 Å². The van der Waals surface area contributed by atoms with Gasteiger partial charge in [0, 0.05) is 19.4 Å². The van der Waals surface area contributed by atoms with Crippen molar-refractivity contribution in [3.8, 4) is 0 Å². The summed E-state index contributed by atoms with van der Waals surface area (Å²) in [6.07, 6.45) is 0.439. The number of carbonyl (C=O) groups excluding carboxylic acids is 1. The molecule has 1 amide bonds. The van der Waals surface area contributed by atoms with Gasteiger partial charge in [-0.25, -0.2) is 4.39 Å². The van der Waals surface area contributed by atoms with Crippen LogP contribution in [-0.2, 0) is 20.8 Å². The maximum Gasteiger partial charge on any atom is 0.264 e. The van der Waals surface area contributed by atoms with E-state index in [1.165, 1.54) is 12.1 Å². The third-order valence-electron chi connectivity index (χ3n) is 3.17. The molecule has 1 heterocycles. The van der Waals surface area contributed by atoms with Crippen LogP contribution in [0.1, 0.15) is 25.8 Å². The van der Waals surface area contributed by atoms with Gasteiger partial charge in [0.2, 0.25) is 6.10 Å². The molecule has 0 aromatic heterocycles. The Morgan fingerprint density at radius 1 is 1.55 bits per heavy atom. The highest BCUT2D eigenvalue weighted by Crippen LogP contribution is 2.15. The highest BCUT2D eigenvalue weighted by atomic mass is 19.1. The first kappa shape index (κ1) is 16.4. The molecule has 0 fully saturated rings. The lowest BCUT2D eigenvalue weighted by atomic mass is 10.0. The Labute approximate surface area is 129 Å². The van der Waals surface area contributed by atoms with E-state index >= 15 is 0 Å². The molecule has 1 atom stereocenters. The molecule has 5 nitrogen and oxygen atoms in total. The summed E-state index contributed by atoms with van der Waals surface area (Å²) in [5.74, 6) is -0.484. The Morgan fingerprint density at radius 2 is 2.36 bits per heavy atom. The van der Waals surface area contributed by atoms with Crippen LogP contribution >= 0.6 is 0 Å². The van der Waals surface area contributed by atoms with E-state index in [9.17, 15) is 9.18 Å². The summed E-state index contributed by atoms with van der Waals surface area (Å²) in [7, 11) is 0. The lowest BCUT2D eigenvalue weighted by Gasteiger charge is -2.11. The molecule has 0 unspecified atom stereocenters. The molecule has 6 heteroatoms. The topological polar surface area (TPSA) is 59.9 Å². The van der Waals surface area contributed by atoms with Gasteiger partial charge in [-0.05, 0) is 31.5 Å². The second-order valence-corrected chi connectivity index (χ2v) is 5.47. The number of halogens is 1. The van der Waals surface area contributed by atoms with Crippen LogP contribution in [0, 0.1) is 5.82 Å². The molecular formula is C16H21FN2O3. The molecule has 1 aliphatic rings. The Morgan fingerprint density at radius 3 is 3.09 bits per heavy atom. The van der Waals surface area contributed by atoms with Crippen LogP contribution in [0.3, 0.4) is 0 Å². The van der Waals surface area contributed by atoms with E-state index in [-0.39, 0.29) is 17.8 Å². The quantitative estimate of drug-likeness (QED) is 0.784. The molecule has 2 rings (SSSR count). The zero-order valence-corrected chi connectivity index (χ0v) is 12.8. The van der Waals surface area contributed by atoms with Gasteiger partial charge in [-0.2, -0.15) is 0 Å². The summed E-state index contributed by atoms with van der Waals surface area (Å²) in [6, 6.07) is 6.33.